The van der Waals surface area contributed by atoms with Gasteiger partial charge in [0.25, 0.3) is 0 Å². The smallest absolute Gasteiger partial charge is 0.345 e. The second-order valence-electron chi connectivity index (χ2n) is 4.32. The van der Waals surface area contributed by atoms with Crippen molar-refractivity contribution in [3.63, 3.8) is 0 Å². The molecule has 1 aromatic heterocycles. The Balaban J connectivity index is 2.15. The zero-order valence-corrected chi connectivity index (χ0v) is 13.2. The predicted octanol–water partition coefficient (Wildman–Crippen LogP) is 3.95. The van der Waals surface area contributed by atoms with Crippen LogP contribution in [0.2, 0.25) is 0 Å². The van der Waals surface area contributed by atoms with Gasteiger partial charge in [0.2, 0.25) is 0 Å². The highest BCUT2D eigenvalue weighted by molar-refractivity contribution is 7.98. The normalized spacial score (nSPS) is 10.4. The molecule has 0 fully saturated rings. The first-order valence-corrected chi connectivity index (χ1v) is 8.00. The van der Waals surface area contributed by atoms with Crippen LogP contribution in [-0.2, 0) is 5.75 Å². The number of ketones is 1. The fraction of sp³-hybridized carbons (Fsp3) is 0.200. The molecule has 0 aliphatic rings. The lowest BCUT2D eigenvalue weighted by Gasteiger charge is -2.09. The van der Waals surface area contributed by atoms with Gasteiger partial charge in [-0.2, -0.15) is 0 Å². The number of hydrogen-bond donors (Lipinski definition) is 1. The molecular weight excluding hydrogens is 308 g/mol. The summed E-state index contributed by atoms with van der Waals surface area (Å²) in [6.45, 7) is 1.52. The van der Waals surface area contributed by atoms with Crippen molar-refractivity contribution in [1.29, 1.82) is 0 Å². The van der Waals surface area contributed by atoms with Crippen molar-refractivity contribution in [1.82, 2.24) is 0 Å². The van der Waals surface area contributed by atoms with Crippen LogP contribution in [-0.4, -0.2) is 24.0 Å². The highest BCUT2D eigenvalue weighted by Crippen LogP contribution is 2.31. The quantitative estimate of drug-likeness (QED) is 0.644. The molecule has 0 aliphatic heterocycles. The molecule has 0 amide bonds. The van der Waals surface area contributed by atoms with Gasteiger partial charge in [-0.1, -0.05) is 0 Å². The molecule has 0 aliphatic carbocycles. The number of carbonyl (C=O) groups excluding carboxylic acids is 1. The number of benzene rings is 1. The number of Topliss-reactive ketones (excluding diaryl/α,β-unsaturated/α-hetero) is 1. The number of carboxylic acids is 1. The van der Waals surface area contributed by atoms with E-state index in [-0.39, 0.29) is 5.78 Å². The average Bonchev–Trinajstić information content (AvgIpc) is 2.93. The molecule has 110 valence electrons. The molecular formula is C15H14O4S2. The standard InChI is InChI=1S/C15H14O4S2/c1-9(16)10-3-4-13(19-2)11(5-10)7-20-12-6-14(15(17)18)21-8-12/h3-6,8H,7H2,1-2H3,(H,17,18). The Morgan fingerprint density at radius 3 is 2.67 bits per heavy atom. The molecule has 0 saturated carbocycles. The van der Waals surface area contributed by atoms with E-state index in [1.165, 1.54) is 30.0 Å². The summed E-state index contributed by atoms with van der Waals surface area (Å²) in [5, 5.41) is 10.7. The third kappa shape index (κ3) is 3.86. The summed E-state index contributed by atoms with van der Waals surface area (Å²) in [7, 11) is 1.59. The summed E-state index contributed by atoms with van der Waals surface area (Å²) in [6, 6.07) is 6.99. The molecule has 0 spiro atoms. The number of ether oxygens (including phenoxy) is 1. The van der Waals surface area contributed by atoms with Gasteiger partial charge >= 0.3 is 5.97 Å². The van der Waals surface area contributed by atoms with Crippen molar-refractivity contribution in [3.8, 4) is 5.75 Å². The molecule has 1 aromatic carbocycles. The van der Waals surface area contributed by atoms with Crippen LogP contribution < -0.4 is 4.74 Å². The third-order valence-corrected chi connectivity index (χ3v) is 4.96. The minimum atomic E-state index is -0.914. The summed E-state index contributed by atoms with van der Waals surface area (Å²) in [4.78, 5) is 23.5. The lowest BCUT2D eigenvalue weighted by Crippen LogP contribution is -1.96. The molecule has 2 aromatic rings. The van der Waals surface area contributed by atoms with Gasteiger partial charge in [-0.15, -0.1) is 23.1 Å². The number of methoxy groups -OCH3 is 1. The molecule has 0 bridgehead atoms. The maximum Gasteiger partial charge on any atom is 0.345 e. The van der Waals surface area contributed by atoms with Crippen molar-refractivity contribution in [2.75, 3.05) is 7.11 Å². The second-order valence-corrected chi connectivity index (χ2v) is 6.28. The Morgan fingerprint density at radius 2 is 2.10 bits per heavy atom. The van der Waals surface area contributed by atoms with Crippen LogP contribution in [0.1, 0.15) is 32.5 Å². The van der Waals surface area contributed by atoms with Crippen LogP contribution in [0.4, 0.5) is 0 Å². The van der Waals surface area contributed by atoms with Crippen molar-refractivity contribution in [2.24, 2.45) is 0 Å². The minimum absolute atomic E-state index is 0.00704. The number of aromatic carboxylic acids is 1. The van der Waals surface area contributed by atoms with Crippen LogP contribution >= 0.6 is 23.1 Å². The maximum atomic E-state index is 11.4. The number of thiophene rings is 1. The molecule has 0 saturated heterocycles. The maximum absolute atomic E-state index is 11.4. The third-order valence-electron chi connectivity index (χ3n) is 2.87. The number of carbonyl (C=O) groups is 2. The lowest BCUT2D eigenvalue weighted by molar-refractivity contribution is 0.0701. The van der Waals surface area contributed by atoms with Crippen molar-refractivity contribution in [3.05, 3.63) is 45.6 Å². The zero-order chi connectivity index (χ0) is 15.4. The van der Waals surface area contributed by atoms with E-state index >= 15 is 0 Å². The fourth-order valence-corrected chi connectivity index (χ4v) is 3.63. The van der Waals surface area contributed by atoms with E-state index in [1.54, 1.807) is 25.3 Å². The van der Waals surface area contributed by atoms with Gasteiger partial charge in [0, 0.05) is 27.2 Å². The Kier molecular flexibility index (Phi) is 5.03. The molecule has 4 nitrogen and oxygen atoms in total. The average molecular weight is 322 g/mol. The topological polar surface area (TPSA) is 63.6 Å². The highest BCUT2D eigenvalue weighted by Gasteiger charge is 2.10. The van der Waals surface area contributed by atoms with Crippen molar-refractivity contribution >= 4 is 34.9 Å². The van der Waals surface area contributed by atoms with E-state index in [9.17, 15) is 9.59 Å². The van der Waals surface area contributed by atoms with Gasteiger partial charge in [0.1, 0.15) is 10.6 Å². The van der Waals surface area contributed by atoms with Crippen LogP contribution in [0.25, 0.3) is 0 Å². The Labute approximate surface area is 130 Å². The van der Waals surface area contributed by atoms with Crippen molar-refractivity contribution in [2.45, 2.75) is 17.6 Å². The SMILES string of the molecule is COc1ccc(C(C)=O)cc1CSc1csc(C(=O)O)c1. The van der Waals surface area contributed by atoms with Crippen LogP contribution in [0.5, 0.6) is 5.75 Å². The molecule has 0 unspecified atom stereocenters. The van der Waals surface area contributed by atoms with Gasteiger partial charge in [-0.25, -0.2) is 4.79 Å². The Morgan fingerprint density at radius 1 is 1.33 bits per heavy atom. The van der Waals surface area contributed by atoms with Crippen LogP contribution in [0.3, 0.4) is 0 Å². The van der Waals surface area contributed by atoms with Crippen LogP contribution in [0.15, 0.2) is 34.5 Å². The number of rotatable bonds is 6. The van der Waals surface area contributed by atoms with Crippen molar-refractivity contribution < 1.29 is 19.4 Å². The summed E-state index contributed by atoms with van der Waals surface area (Å²) in [6.07, 6.45) is 0. The first-order chi connectivity index (χ1) is 10.0. The van der Waals surface area contributed by atoms with Gasteiger partial charge in [0.15, 0.2) is 5.78 Å². The summed E-state index contributed by atoms with van der Waals surface area (Å²) in [5.74, 6) is 0.428. The number of carboxylic acid groups (broad SMARTS) is 1. The van der Waals surface area contributed by atoms with E-state index < -0.39 is 5.97 Å². The summed E-state index contributed by atoms with van der Waals surface area (Å²) >= 11 is 2.72. The van der Waals surface area contributed by atoms with Gasteiger partial charge in [-0.3, -0.25) is 4.79 Å². The minimum Gasteiger partial charge on any atom is -0.496 e. The van der Waals surface area contributed by atoms with E-state index in [0.29, 0.717) is 16.2 Å². The summed E-state index contributed by atoms with van der Waals surface area (Å²) in [5.41, 5.74) is 1.56. The molecule has 21 heavy (non-hydrogen) atoms. The van der Waals surface area contributed by atoms with Gasteiger partial charge in [0.05, 0.1) is 7.11 Å². The highest BCUT2D eigenvalue weighted by atomic mass is 32.2. The number of hydrogen-bond acceptors (Lipinski definition) is 5. The second kappa shape index (κ2) is 6.78. The summed E-state index contributed by atoms with van der Waals surface area (Å²) < 4.78 is 5.30. The Bertz CT molecular complexity index is 676. The molecule has 1 heterocycles. The number of thioether (sulfide) groups is 1. The van der Waals surface area contributed by atoms with E-state index in [2.05, 4.69) is 0 Å². The molecule has 1 N–H and O–H groups in total. The van der Waals surface area contributed by atoms with Gasteiger partial charge < -0.3 is 9.84 Å². The molecule has 6 heteroatoms. The molecule has 2 rings (SSSR count). The molecule has 0 radical (unpaired) electrons. The van der Waals surface area contributed by atoms with Gasteiger partial charge in [-0.05, 0) is 31.2 Å². The van der Waals surface area contributed by atoms with E-state index in [1.807, 2.05) is 11.4 Å². The first kappa shape index (κ1) is 15.6. The monoisotopic (exact) mass is 322 g/mol. The Hall–Kier alpha value is -1.79. The zero-order valence-electron chi connectivity index (χ0n) is 11.6. The van der Waals surface area contributed by atoms with E-state index in [4.69, 9.17) is 9.84 Å². The largest absolute Gasteiger partial charge is 0.496 e. The first-order valence-electron chi connectivity index (χ1n) is 6.13. The molecule has 0 atom stereocenters. The van der Waals surface area contributed by atoms with Crippen LogP contribution in [0, 0.1) is 0 Å². The fourth-order valence-electron chi connectivity index (χ4n) is 1.78. The predicted molar refractivity (Wildman–Crippen MR) is 83.8 cm³/mol. The van der Waals surface area contributed by atoms with E-state index in [0.717, 1.165) is 16.2 Å². The lowest BCUT2D eigenvalue weighted by atomic mass is 10.1.